The molecule has 2 heterocycles. The molecule has 5 nitrogen and oxygen atoms in total. The Kier molecular flexibility index (Phi) is 4.99. The minimum absolute atomic E-state index is 0.0175. The van der Waals surface area contributed by atoms with E-state index in [9.17, 15) is 9.59 Å². The predicted molar refractivity (Wildman–Crippen MR) is 69.0 cm³/mol. The molecule has 0 aromatic heterocycles. The Morgan fingerprint density at radius 2 is 2.17 bits per heavy atom. The molecule has 0 radical (unpaired) electrons. The lowest BCUT2D eigenvalue weighted by Gasteiger charge is -2.15. The van der Waals surface area contributed by atoms with Crippen LogP contribution in [-0.2, 0) is 9.59 Å². The first-order valence-corrected chi connectivity index (χ1v) is 7.03. The molecule has 18 heavy (non-hydrogen) atoms. The van der Waals surface area contributed by atoms with E-state index in [1.54, 1.807) is 0 Å². The third-order valence-electron chi connectivity index (χ3n) is 3.81. The van der Waals surface area contributed by atoms with E-state index in [-0.39, 0.29) is 17.9 Å². The number of carbonyl (C=O) groups excluding carboxylic acids is 2. The summed E-state index contributed by atoms with van der Waals surface area (Å²) in [4.78, 5) is 23.5. The van der Waals surface area contributed by atoms with E-state index < -0.39 is 0 Å². The highest BCUT2D eigenvalue weighted by molar-refractivity contribution is 5.87. The maximum absolute atomic E-state index is 11.8. The van der Waals surface area contributed by atoms with Crippen molar-refractivity contribution in [2.45, 2.75) is 44.6 Å². The molecule has 2 atom stereocenters. The van der Waals surface area contributed by atoms with E-state index in [1.165, 1.54) is 0 Å². The van der Waals surface area contributed by atoms with E-state index in [2.05, 4.69) is 16.0 Å². The predicted octanol–water partition coefficient (Wildman–Crippen LogP) is 0.161. The molecule has 102 valence electrons. The number of rotatable bonds is 4. The fourth-order valence-electron chi connectivity index (χ4n) is 2.64. The summed E-state index contributed by atoms with van der Waals surface area (Å²) in [5.41, 5.74) is 0. The summed E-state index contributed by atoms with van der Waals surface area (Å²) in [5, 5.41) is 8.99. The molecule has 3 N–H and O–H groups in total. The van der Waals surface area contributed by atoms with Gasteiger partial charge in [0.1, 0.15) is 6.04 Å². The van der Waals surface area contributed by atoms with Gasteiger partial charge in [0.05, 0.1) is 0 Å². The van der Waals surface area contributed by atoms with Gasteiger partial charge in [0.15, 0.2) is 0 Å². The Morgan fingerprint density at radius 3 is 2.94 bits per heavy atom. The van der Waals surface area contributed by atoms with E-state index in [4.69, 9.17) is 0 Å². The average molecular weight is 253 g/mol. The van der Waals surface area contributed by atoms with E-state index in [0.717, 1.165) is 51.7 Å². The van der Waals surface area contributed by atoms with Crippen molar-refractivity contribution in [2.24, 2.45) is 5.92 Å². The molecule has 2 fully saturated rings. The summed E-state index contributed by atoms with van der Waals surface area (Å²) in [7, 11) is 0. The summed E-state index contributed by atoms with van der Waals surface area (Å²) in [6.07, 6.45) is 5.39. The number of amides is 2. The third-order valence-corrected chi connectivity index (χ3v) is 3.81. The van der Waals surface area contributed by atoms with Crippen LogP contribution < -0.4 is 16.0 Å². The van der Waals surface area contributed by atoms with Crippen LogP contribution in [0.3, 0.4) is 0 Å². The zero-order valence-electron chi connectivity index (χ0n) is 10.8. The summed E-state index contributed by atoms with van der Waals surface area (Å²) in [6, 6.07) is -0.318. The number of carbonyl (C=O) groups is 2. The Balaban J connectivity index is 1.70. The zero-order chi connectivity index (χ0) is 12.8. The van der Waals surface area contributed by atoms with Crippen molar-refractivity contribution < 1.29 is 9.59 Å². The van der Waals surface area contributed by atoms with Gasteiger partial charge in [-0.25, -0.2) is 0 Å². The van der Waals surface area contributed by atoms with Gasteiger partial charge in [0, 0.05) is 13.0 Å². The minimum Gasteiger partial charge on any atom is -0.354 e. The van der Waals surface area contributed by atoms with Crippen molar-refractivity contribution in [2.75, 3.05) is 19.6 Å². The highest BCUT2D eigenvalue weighted by Gasteiger charge is 2.23. The first-order valence-electron chi connectivity index (χ1n) is 7.03. The van der Waals surface area contributed by atoms with Crippen molar-refractivity contribution in [3.8, 4) is 0 Å². The maximum atomic E-state index is 11.8. The van der Waals surface area contributed by atoms with Gasteiger partial charge in [-0.2, -0.15) is 0 Å². The molecule has 0 bridgehead atoms. The molecule has 5 heteroatoms. The highest BCUT2D eigenvalue weighted by Crippen LogP contribution is 2.14. The summed E-state index contributed by atoms with van der Waals surface area (Å²) in [5.74, 6) is 0.617. The Hall–Kier alpha value is -1.10. The lowest BCUT2D eigenvalue weighted by Crippen LogP contribution is -2.45. The zero-order valence-corrected chi connectivity index (χ0v) is 10.8. The van der Waals surface area contributed by atoms with Crippen LogP contribution in [0.25, 0.3) is 0 Å². The van der Waals surface area contributed by atoms with Gasteiger partial charge in [0.25, 0.3) is 0 Å². The largest absolute Gasteiger partial charge is 0.354 e. The second kappa shape index (κ2) is 6.73. The van der Waals surface area contributed by atoms with Crippen LogP contribution in [0.2, 0.25) is 0 Å². The molecule has 0 spiro atoms. The molecule has 2 unspecified atom stereocenters. The normalized spacial score (nSPS) is 28.6. The van der Waals surface area contributed by atoms with Gasteiger partial charge < -0.3 is 16.0 Å². The Bertz CT molecular complexity index is 301. The van der Waals surface area contributed by atoms with Gasteiger partial charge in [-0.1, -0.05) is 0 Å². The summed E-state index contributed by atoms with van der Waals surface area (Å²) >= 11 is 0. The summed E-state index contributed by atoms with van der Waals surface area (Å²) in [6.45, 7) is 2.83. The van der Waals surface area contributed by atoms with Crippen molar-refractivity contribution in [1.82, 2.24) is 16.0 Å². The topological polar surface area (TPSA) is 70.2 Å². The van der Waals surface area contributed by atoms with Crippen molar-refractivity contribution >= 4 is 11.8 Å². The van der Waals surface area contributed by atoms with Crippen LogP contribution >= 0.6 is 0 Å². The highest BCUT2D eigenvalue weighted by atomic mass is 16.2. The van der Waals surface area contributed by atoms with Gasteiger partial charge in [-0.15, -0.1) is 0 Å². The molecule has 2 rings (SSSR count). The van der Waals surface area contributed by atoms with E-state index >= 15 is 0 Å². The van der Waals surface area contributed by atoms with E-state index in [0.29, 0.717) is 12.3 Å². The molecule has 2 aliphatic rings. The van der Waals surface area contributed by atoms with Crippen molar-refractivity contribution in [1.29, 1.82) is 0 Å². The lowest BCUT2D eigenvalue weighted by molar-refractivity contribution is -0.129. The fourth-order valence-corrected chi connectivity index (χ4v) is 2.64. The number of hydrogen-bond acceptors (Lipinski definition) is 3. The summed E-state index contributed by atoms with van der Waals surface area (Å²) < 4.78 is 0. The number of hydrogen-bond donors (Lipinski definition) is 3. The first kappa shape index (κ1) is 13.3. The lowest BCUT2D eigenvalue weighted by atomic mass is 10.0. The second-order valence-corrected chi connectivity index (χ2v) is 5.30. The van der Waals surface area contributed by atoms with Gasteiger partial charge in [-0.3, -0.25) is 9.59 Å². The van der Waals surface area contributed by atoms with Crippen LogP contribution in [0.1, 0.15) is 38.5 Å². The second-order valence-electron chi connectivity index (χ2n) is 5.30. The van der Waals surface area contributed by atoms with E-state index in [1.807, 2.05) is 0 Å². The Morgan fingerprint density at radius 1 is 1.28 bits per heavy atom. The van der Waals surface area contributed by atoms with Gasteiger partial charge in [-0.05, 0) is 51.1 Å². The maximum Gasteiger partial charge on any atom is 0.242 e. The van der Waals surface area contributed by atoms with Gasteiger partial charge >= 0.3 is 0 Å². The molecular formula is C13H23N3O2. The molecule has 2 amide bonds. The van der Waals surface area contributed by atoms with Crippen LogP contribution in [0.4, 0.5) is 0 Å². The number of nitrogens with one attached hydrogen (secondary N) is 3. The molecule has 0 aliphatic carbocycles. The quantitative estimate of drug-likeness (QED) is 0.668. The standard InChI is InChI=1S/C13H23N3O2/c17-12(5-4-10-6-8-14-9-10)16-11-3-1-2-7-15-13(11)18/h10-11,14H,1-9H2,(H,15,18)(H,16,17). The molecule has 2 aliphatic heterocycles. The molecule has 0 aromatic rings. The third kappa shape index (κ3) is 3.98. The molecular weight excluding hydrogens is 230 g/mol. The van der Waals surface area contributed by atoms with Crippen molar-refractivity contribution in [3.63, 3.8) is 0 Å². The average Bonchev–Trinajstić information content (AvgIpc) is 2.80. The van der Waals surface area contributed by atoms with Crippen LogP contribution in [0.5, 0.6) is 0 Å². The minimum atomic E-state index is -0.318. The fraction of sp³-hybridized carbons (Fsp3) is 0.846. The van der Waals surface area contributed by atoms with Crippen LogP contribution in [0.15, 0.2) is 0 Å². The molecule has 2 saturated heterocycles. The molecule has 0 saturated carbocycles. The van der Waals surface area contributed by atoms with Gasteiger partial charge in [0.2, 0.25) is 11.8 Å². The smallest absolute Gasteiger partial charge is 0.242 e. The van der Waals surface area contributed by atoms with Crippen LogP contribution in [0, 0.1) is 5.92 Å². The first-order chi connectivity index (χ1) is 8.75. The monoisotopic (exact) mass is 253 g/mol. The Labute approximate surface area is 108 Å². The van der Waals surface area contributed by atoms with Crippen molar-refractivity contribution in [3.05, 3.63) is 0 Å². The molecule has 0 aromatic carbocycles. The van der Waals surface area contributed by atoms with Crippen LogP contribution in [-0.4, -0.2) is 37.5 Å². The SMILES string of the molecule is O=C(CCC1CCNC1)NC1CCCCNC1=O.